The van der Waals surface area contributed by atoms with Gasteiger partial charge in [0.2, 0.25) is 0 Å². The third kappa shape index (κ3) is 3.03. The summed E-state index contributed by atoms with van der Waals surface area (Å²) >= 11 is 0. The van der Waals surface area contributed by atoms with Gasteiger partial charge in [-0.2, -0.15) is 0 Å². The molecule has 1 aliphatic rings. The lowest BCUT2D eigenvalue weighted by molar-refractivity contribution is 0.0721. The van der Waals surface area contributed by atoms with Crippen molar-refractivity contribution in [2.45, 2.75) is 45.2 Å². The molecule has 0 atom stereocenters. The first kappa shape index (κ1) is 12.6. The maximum atomic E-state index is 11.1. The molecule has 1 N–H and O–H groups in total. The normalized spacial score (nSPS) is 24.2. The zero-order chi connectivity index (χ0) is 12.3. The highest BCUT2D eigenvalue weighted by molar-refractivity contribution is 5.66. The summed E-state index contributed by atoms with van der Waals surface area (Å²) in [4.78, 5) is 15.3. The fourth-order valence-corrected chi connectivity index (χ4v) is 1.91. The lowest BCUT2D eigenvalue weighted by Crippen LogP contribution is -2.49. The van der Waals surface area contributed by atoms with E-state index in [1.807, 2.05) is 20.8 Å². The third-order valence-corrected chi connectivity index (χ3v) is 2.91. The number of carboxylic acid groups (broad SMARTS) is 1. The van der Waals surface area contributed by atoms with Crippen LogP contribution in [0.1, 0.15) is 33.6 Å². The van der Waals surface area contributed by atoms with E-state index in [2.05, 4.69) is 10.0 Å². The molecule has 0 radical (unpaired) electrons. The summed E-state index contributed by atoms with van der Waals surface area (Å²) in [6.45, 7) is 6.16. The molecular formula is C10H18N4O2. The van der Waals surface area contributed by atoms with E-state index in [1.165, 1.54) is 4.90 Å². The topological polar surface area (TPSA) is 89.3 Å². The van der Waals surface area contributed by atoms with Crippen molar-refractivity contribution >= 4 is 6.09 Å². The molecule has 0 spiro atoms. The minimum atomic E-state index is -0.889. The summed E-state index contributed by atoms with van der Waals surface area (Å²) in [6, 6.07) is 0.0608. The Hall–Kier alpha value is -1.42. The van der Waals surface area contributed by atoms with Crippen LogP contribution in [0.5, 0.6) is 0 Å². The summed E-state index contributed by atoms with van der Waals surface area (Å²) in [5, 5.41) is 12.7. The van der Waals surface area contributed by atoms with Gasteiger partial charge in [0.25, 0.3) is 0 Å². The molecule has 1 amide bonds. The summed E-state index contributed by atoms with van der Waals surface area (Å²) in [7, 11) is 0. The van der Waals surface area contributed by atoms with E-state index in [-0.39, 0.29) is 11.6 Å². The van der Waals surface area contributed by atoms with Crippen LogP contribution in [0.25, 0.3) is 10.4 Å². The molecule has 1 aliphatic carbocycles. The zero-order valence-electron chi connectivity index (χ0n) is 9.92. The first-order valence-corrected chi connectivity index (χ1v) is 5.39. The fourth-order valence-electron chi connectivity index (χ4n) is 1.91. The van der Waals surface area contributed by atoms with Crippen LogP contribution < -0.4 is 0 Å². The van der Waals surface area contributed by atoms with Crippen LogP contribution in [-0.4, -0.2) is 34.2 Å². The van der Waals surface area contributed by atoms with Crippen molar-refractivity contribution < 1.29 is 9.90 Å². The smallest absolute Gasteiger partial charge is 0.407 e. The molecule has 6 heteroatoms. The summed E-state index contributed by atoms with van der Waals surface area (Å²) < 4.78 is 0. The van der Waals surface area contributed by atoms with E-state index in [1.54, 1.807) is 0 Å². The maximum absolute atomic E-state index is 11.1. The Morgan fingerprint density at radius 3 is 2.50 bits per heavy atom. The average molecular weight is 226 g/mol. The Bertz CT molecular complexity index is 311. The van der Waals surface area contributed by atoms with Crippen molar-refractivity contribution in [1.29, 1.82) is 0 Å². The Labute approximate surface area is 94.9 Å². The van der Waals surface area contributed by atoms with Gasteiger partial charge in [-0.1, -0.05) is 5.11 Å². The number of amides is 1. The Morgan fingerprint density at radius 1 is 1.56 bits per heavy atom. The third-order valence-electron chi connectivity index (χ3n) is 2.91. The Balaban J connectivity index is 2.47. The molecule has 0 aromatic carbocycles. The molecule has 90 valence electrons. The van der Waals surface area contributed by atoms with E-state index in [4.69, 9.17) is 10.6 Å². The van der Waals surface area contributed by atoms with Crippen molar-refractivity contribution in [3.8, 4) is 0 Å². The number of nitrogens with zero attached hydrogens (tertiary/aromatic N) is 4. The van der Waals surface area contributed by atoms with Gasteiger partial charge < -0.3 is 10.0 Å². The molecule has 1 fully saturated rings. The van der Waals surface area contributed by atoms with Gasteiger partial charge in [0, 0.05) is 23.0 Å². The highest BCUT2D eigenvalue weighted by Crippen LogP contribution is 2.32. The number of hydrogen-bond donors (Lipinski definition) is 1. The second-order valence-corrected chi connectivity index (χ2v) is 5.26. The minimum Gasteiger partial charge on any atom is -0.465 e. The Kier molecular flexibility index (Phi) is 3.65. The van der Waals surface area contributed by atoms with Crippen molar-refractivity contribution in [2.75, 3.05) is 6.54 Å². The molecule has 16 heavy (non-hydrogen) atoms. The highest BCUT2D eigenvalue weighted by atomic mass is 16.4. The monoisotopic (exact) mass is 226 g/mol. The molecule has 0 bridgehead atoms. The largest absolute Gasteiger partial charge is 0.465 e. The molecular weight excluding hydrogens is 208 g/mol. The van der Waals surface area contributed by atoms with E-state index < -0.39 is 6.09 Å². The molecule has 0 aliphatic heterocycles. The lowest BCUT2D eigenvalue weighted by atomic mass is 9.80. The van der Waals surface area contributed by atoms with Crippen LogP contribution in [0.15, 0.2) is 5.11 Å². The number of azide groups is 1. The zero-order valence-corrected chi connectivity index (χ0v) is 9.92. The molecule has 1 saturated carbocycles. The fraction of sp³-hybridized carbons (Fsp3) is 0.900. The SMILES string of the molecule is CC(C)(C)N(C[C@H]1C[C@H](N=[N+]=[N-])C1)C(=O)O. The van der Waals surface area contributed by atoms with Crippen molar-refractivity contribution in [2.24, 2.45) is 11.0 Å². The lowest BCUT2D eigenvalue weighted by Gasteiger charge is -2.40. The van der Waals surface area contributed by atoms with Crippen LogP contribution in [0.3, 0.4) is 0 Å². The summed E-state index contributed by atoms with van der Waals surface area (Å²) in [5.74, 6) is 0.325. The summed E-state index contributed by atoms with van der Waals surface area (Å²) in [6.07, 6.45) is 0.702. The number of hydrogen-bond acceptors (Lipinski definition) is 2. The van der Waals surface area contributed by atoms with Gasteiger partial charge in [-0.25, -0.2) is 4.79 Å². The molecule has 0 unspecified atom stereocenters. The predicted octanol–water partition coefficient (Wildman–Crippen LogP) is 2.85. The highest BCUT2D eigenvalue weighted by Gasteiger charge is 2.34. The van der Waals surface area contributed by atoms with Crippen LogP contribution >= 0.6 is 0 Å². The van der Waals surface area contributed by atoms with Crippen molar-refractivity contribution in [3.63, 3.8) is 0 Å². The Morgan fingerprint density at radius 2 is 2.12 bits per heavy atom. The van der Waals surface area contributed by atoms with Gasteiger partial charge in [-0.05, 0) is 45.1 Å². The molecule has 0 aromatic rings. The van der Waals surface area contributed by atoms with E-state index in [0.717, 1.165) is 12.8 Å². The van der Waals surface area contributed by atoms with E-state index >= 15 is 0 Å². The number of rotatable bonds is 3. The maximum Gasteiger partial charge on any atom is 0.407 e. The predicted molar refractivity (Wildman–Crippen MR) is 60.1 cm³/mol. The quantitative estimate of drug-likeness (QED) is 0.455. The van der Waals surface area contributed by atoms with Crippen LogP contribution in [0.4, 0.5) is 4.79 Å². The first-order chi connectivity index (χ1) is 7.34. The van der Waals surface area contributed by atoms with E-state index in [0.29, 0.717) is 12.5 Å². The average Bonchev–Trinajstić information content (AvgIpc) is 2.05. The molecule has 0 saturated heterocycles. The standard InChI is InChI=1S/C10H18N4O2/c1-10(2,3)14(9(15)16)6-7-4-8(5-7)12-13-11/h7-8H,4-6H2,1-3H3,(H,15,16)/t7-,8-. The molecule has 6 nitrogen and oxygen atoms in total. The van der Waals surface area contributed by atoms with Crippen molar-refractivity contribution in [1.82, 2.24) is 4.90 Å². The van der Waals surface area contributed by atoms with Gasteiger partial charge >= 0.3 is 6.09 Å². The van der Waals surface area contributed by atoms with Crippen LogP contribution in [0, 0.1) is 5.92 Å². The van der Waals surface area contributed by atoms with Gasteiger partial charge in [0.15, 0.2) is 0 Å². The van der Waals surface area contributed by atoms with Crippen LogP contribution in [0.2, 0.25) is 0 Å². The minimum absolute atomic E-state index is 0.0608. The van der Waals surface area contributed by atoms with Gasteiger partial charge in [-0.3, -0.25) is 0 Å². The molecule has 1 rings (SSSR count). The second-order valence-electron chi connectivity index (χ2n) is 5.26. The van der Waals surface area contributed by atoms with Crippen molar-refractivity contribution in [3.05, 3.63) is 10.4 Å². The van der Waals surface area contributed by atoms with Gasteiger partial charge in [-0.15, -0.1) is 0 Å². The van der Waals surface area contributed by atoms with Gasteiger partial charge in [0.05, 0.1) is 0 Å². The van der Waals surface area contributed by atoms with Crippen LogP contribution in [-0.2, 0) is 0 Å². The van der Waals surface area contributed by atoms with Gasteiger partial charge in [0.1, 0.15) is 0 Å². The molecule has 0 heterocycles. The number of carbonyl (C=O) groups is 1. The second kappa shape index (κ2) is 4.61. The molecule has 0 aromatic heterocycles. The summed E-state index contributed by atoms with van der Waals surface area (Å²) in [5.41, 5.74) is 7.86. The first-order valence-electron chi connectivity index (χ1n) is 5.39. The van der Waals surface area contributed by atoms with E-state index in [9.17, 15) is 4.79 Å².